The van der Waals surface area contributed by atoms with Crippen LogP contribution in [0.4, 0.5) is 0 Å². The molecule has 1 aromatic rings. The van der Waals surface area contributed by atoms with Gasteiger partial charge in [0.1, 0.15) is 5.78 Å². The highest BCUT2D eigenvalue weighted by molar-refractivity contribution is 5.85. The Balaban J connectivity index is 0. The van der Waals surface area contributed by atoms with Crippen LogP contribution in [0.3, 0.4) is 0 Å². The molecule has 0 unspecified atom stereocenters. The van der Waals surface area contributed by atoms with Crippen LogP contribution in [0.5, 0.6) is 0 Å². The fourth-order valence-corrected chi connectivity index (χ4v) is 1.91. The largest absolute Gasteiger partial charge is 0.344 e. The number of carbonyl (C=O) groups excluding carboxylic acids is 1. The molecule has 0 aliphatic heterocycles. The van der Waals surface area contributed by atoms with Gasteiger partial charge in [0.2, 0.25) is 0 Å². The van der Waals surface area contributed by atoms with Gasteiger partial charge in [-0.2, -0.15) is 0 Å². The quantitative estimate of drug-likeness (QED) is 0.880. The van der Waals surface area contributed by atoms with Gasteiger partial charge in [-0.1, -0.05) is 32.0 Å². The monoisotopic (exact) mass is 243 g/mol. The van der Waals surface area contributed by atoms with Crippen LogP contribution >= 0.6 is 12.4 Å². The van der Waals surface area contributed by atoms with E-state index < -0.39 is 0 Å². The maximum absolute atomic E-state index is 11.1. The van der Waals surface area contributed by atoms with Crippen molar-refractivity contribution in [2.24, 2.45) is 0 Å². The number of aryl methyl sites for hydroxylation is 1. The number of benzene rings is 1. The van der Waals surface area contributed by atoms with Crippen molar-refractivity contribution in [2.45, 2.75) is 40.0 Å². The Morgan fingerprint density at radius 2 is 1.69 bits per heavy atom. The minimum atomic E-state index is 0. The van der Waals surface area contributed by atoms with Crippen molar-refractivity contribution in [3.63, 3.8) is 0 Å². The Kier molecular flexibility index (Phi) is 9.11. The van der Waals surface area contributed by atoms with E-state index in [1.165, 1.54) is 16.7 Å². The Hall–Kier alpha value is -0.860. The van der Waals surface area contributed by atoms with Gasteiger partial charge < -0.3 is 6.15 Å². The minimum Gasteiger partial charge on any atom is -0.344 e. The normalized spacial score (nSPS) is 8.94. The van der Waals surface area contributed by atoms with Crippen molar-refractivity contribution in [2.75, 3.05) is 0 Å². The van der Waals surface area contributed by atoms with Gasteiger partial charge in [-0.05, 0) is 36.5 Å². The molecule has 0 bridgehead atoms. The van der Waals surface area contributed by atoms with Gasteiger partial charge in [-0.3, -0.25) is 4.79 Å². The van der Waals surface area contributed by atoms with Gasteiger partial charge in [0.05, 0.1) is 0 Å². The van der Waals surface area contributed by atoms with Crippen molar-refractivity contribution in [1.29, 1.82) is 0 Å². The lowest BCUT2D eigenvalue weighted by molar-refractivity contribution is -0.116. The summed E-state index contributed by atoms with van der Waals surface area (Å²) < 4.78 is 0. The van der Waals surface area contributed by atoms with Crippen molar-refractivity contribution >= 4 is 18.2 Å². The molecule has 0 radical (unpaired) electrons. The number of rotatable bonds is 4. The molecule has 0 spiro atoms. The molecule has 2 nitrogen and oxygen atoms in total. The van der Waals surface area contributed by atoms with E-state index in [2.05, 4.69) is 32.0 Å². The van der Waals surface area contributed by atoms with E-state index in [1.54, 1.807) is 6.92 Å². The first-order valence-corrected chi connectivity index (χ1v) is 5.28. The second kappa shape index (κ2) is 8.31. The number of ketones is 1. The predicted molar refractivity (Wildman–Crippen MR) is 71.9 cm³/mol. The lowest BCUT2D eigenvalue weighted by Gasteiger charge is -2.10. The molecular formula is C13H22ClNO. The second-order valence-corrected chi connectivity index (χ2v) is 3.64. The SMILES string of the molecule is CCc1cccc(CC(C)=O)c1CC.Cl.N. The number of hydrogen-bond donors (Lipinski definition) is 1. The van der Waals surface area contributed by atoms with Crippen LogP contribution in [0, 0.1) is 0 Å². The van der Waals surface area contributed by atoms with Gasteiger partial charge in [0, 0.05) is 6.42 Å². The van der Waals surface area contributed by atoms with Crippen LogP contribution in [0.2, 0.25) is 0 Å². The summed E-state index contributed by atoms with van der Waals surface area (Å²) in [5.41, 5.74) is 3.95. The summed E-state index contributed by atoms with van der Waals surface area (Å²) in [6.07, 6.45) is 2.65. The molecule has 3 heteroatoms. The van der Waals surface area contributed by atoms with Gasteiger partial charge in [-0.25, -0.2) is 0 Å². The summed E-state index contributed by atoms with van der Waals surface area (Å²) in [5.74, 6) is 0.243. The summed E-state index contributed by atoms with van der Waals surface area (Å²) in [6.45, 7) is 5.96. The van der Waals surface area contributed by atoms with Crippen LogP contribution < -0.4 is 6.15 Å². The molecule has 0 saturated carbocycles. The standard InChI is InChI=1S/C13H18O.ClH.H3N/c1-4-11-7-6-8-12(9-10(3)14)13(11)5-2;;/h6-8H,4-5,9H2,1-3H3;1H;1H3. The summed E-state index contributed by atoms with van der Waals surface area (Å²) in [6, 6.07) is 6.28. The molecule has 0 aliphatic rings. The van der Waals surface area contributed by atoms with Gasteiger partial charge >= 0.3 is 0 Å². The third kappa shape index (κ3) is 4.33. The van der Waals surface area contributed by atoms with E-state index in [-0.39, 0.29) is 24.3 Å². The van der Waals surface area contributed by atoms with Crippen LogP contribution in [-0.4, -0.2) is 5.78 Å². The number of halogens is 1. The molecule has 0 saturated heterocycles. The molecule has 0 fully saturated rings. The van der Waals surface area contributed by atoms with Crippen LogP contribution in [-0.2, 0) is 24.1 Å². The first kappa shape index (κ1) is 17.5. The zero-order valence-electron chi connectivity index (χ0n) is 10.4. The van der Waals surface area contributed by atoms with Gasteiger partial charge in [0.15, 0.2) is 0 Å². The van der Waals surface area contributed by atoms with Crippen molar-refractivity contribution in [3.8, 4) is 0 Å². The zero-order valence-corrected chi connectivity index (χ0v) is 11.2. The minimum absolute atomic E-state index is 0. The number of Topliss-reactive ketones (excluding diaryl/α,β-unsaturated/α-hetero) is 1. The van der Waals surface area contributed by atoms with Crippen molar-refractivity contribution in [3.05, 3.63) is 34.9 Å². The first-order chi connectivity index (χ1) is 6.69. The third-order valence-electron chi connectivity index (χ3n) is 2.54. The fraction of sp³-hybridized carbons (Fsp3) is 0.462. The maximum Gasteiger partial charge on any atom is 0.134 e. The topological polar surface area (TPSA) is 52.1 Å². The first-order valence-electron chi connectivity index (χ1n) is 5.28. The molecule has 0 amide bonds. The molecule has 16 heavy (non-hydrogen) atoms. The summed E-state index contributed by atoms with van der Waals surface area (Å²) in [5, 5.41) is 0. The maximum atomic E-state index is 11.1. The predicted octanol–water partition coefficient (Wildman–Crippen LogP) is 3.53. The van der Waals surface area contributed by atoms with E-state index >= 15 is 0 Å². The Labute approximate surface area is 104 Å². The summed E-state index contributed by atoms with van der Waals surface area (Å²) in [4.78, 5) is 11.1. The average molecular weight is 244 g/mol. The van der Waals surface area contributed by atoms with Crippen LogP contribution in [0.15, 0.2) is 18.2 Å². The molecule has 3 N–H and O–H groups in total. The molecule has 0 aliphatic carbocycles. The van der Waals surface area contributed by atoms with E-state index in [0.29, 0.717) is 6.42 Å². The number of carbonyl (C=O) groups is 1. The highest BCUT2D eigenvalue weighted by atomic mass is 35.5. The van der Waals surface area contributed by atoms with E-state index in [0.717, 1.165) is 12.8 Å². The highest BCUT2D eigenvalue weighted by Crippen LogP contribution is 2.17. The summed E-state index contributed by atoms with van der Waals surface area (Å²) >= 11 is 0. The second-order valence-electron chi connectivity index (χ2n) is 3.64. The Bertz CT molecular complexity index is 337. The van der Waals surface area contributed by atoms with Gasteiger partial charge in [0.25, 0.3) is 0 Å². The lowest BCUT2D eigenvalue weighted by atomic mass is 9.94. The van der Waals surface area contributed by atoms with Crippen molar-refractivity contribution in [1.82, 2.24) is 6.15 Å². The van der Waals surface area contributed by atoms with Crippen LogP contribution in [0.25, 0.3) is 0 Å². The summed E-state index contributed by atoms with van der Waals surface area (Å²) in [7, 11) is 0. The smallest absolute Gasteiger partial charge is 0.134 e. The van der Waals surface area contributed by atoms with E-state index in [4.69, 9.17) is 0 Å². The zero-order chi connectivity index (χ0) is 10.6. The van der Waals surface area contributed by atoms with Gasteiger partial charge in [-0.15, -0.1) is 12.4 Å². The fourth-order valence-electron chi connectivity index (χ4n) is 1.91. The molecule has 1 rings (SSSR count). The van der Waals surface area contributed by atoms with Crippen LogP contribution in [0.1, 0.15) is 37.5 Å². The lowest BCUT2D eigenvalue weighted by Crippen LogP contribution is -2.03. The number of hydrogen-bond acceptors (Lipinski definition) is 2. The Morgan fingerprint density at radius 1 is 1.12 bits per heavy atom. The third-order valence-corrected chi connectivity index (χ3v) is 2.54. The molecule has 92 valence electrons. The molecule has 0 aromatic heterocycles. The molecule has 1 aromatic carbocycles. The molecule has 0 heterocycles. The molecular weight excluding hydrogens is 222 g/mol. The van der Waals surface area contributed by atoms with E-state index in [1.807, 2.05) is 0 Å². The molecule has 0 atom stereocenters. The van der Waals surface area contributed by atoms with E-state index in [9.17, 15) is 4.79 Å². The highest BCUT2D eigenvalue weighted by Gasteiger charge is 2.06. The Morgan fingerprint density at radius 3 is 2.12 bits per heavy atom. The average Bonchev–Trinajstić information content (AvgIpc) is 2.16. The van der Waals surface area contributed by atoms with Crippen molar-refractivity contribution < 1.29 is 4.79 Å².